The number of rotatable bonds is 9. The van der Waals surface area contributed by atoms with Crippen molar-refractivity contribution in [2.45, 2.75) is 11.8 Å². The average Bonchev–Trinajstić information content (AvgIpc) is 2.46. The zero-order valence-corrected chi connectivity index (χ0v) is 13.3. The lowest BCUT2D eigenvalue weighted by Crippen LogP contribution is -2.13. The van der Waals surface area contributed by atoms with E-state index in [9.17, 15) is 8.42 Å². The van der Waals surface area contributed by atoms with Gasteiger partial charge in [0.05, 0.1) is 26.6 Å². The minimum Gasteiger partial charge on any atom is -0.496 e. The lowest BCUT2D eigenvalue weighted by Gasteiger charge is -2.13. The van der Waals surface area contributed by atoms with Crippen LogP contribution in [-0.2, 0) is 23.4 Å². The van der Waals surface area contributed by atoms with Crippen LogP contribution in [0.15, 0.2) is 17.0 Å². The van der Waals surface area contributed by atoms with E-state index >= 15 is 0 Å². The van der Waals surface area contributed by atoms with E-state index in [0.717, 1.165) is 5.56 Å². The van der Waals surface area contributed by atoms with Crippen molar-refractivity contribution < 1.29 is 36.7 Å². The summed E-state index contributed by atoms with van der Waals surface area (Å²) in [5.41, 5.74) is 0.758. The van der Waals surface area contributed by atoms with Gasteiger partial charge in [0, 0.05) is 6.07 Å². The molecule has 1 aromatic carbocycles. The highest BCUT2D eigenvalue weighted by atomic mass is 32.2. The first-order valence-corrected chi connectivity index (χ1v) is 8.00. The lowest BCUT2D eigenvalue weighted by atomic mass is 10.2. The summed E-state index contributed by atoms with van der Waals surface area (Å²) in [7, 11) is -0.798. The van der Waals surface area contributed by atoms with Crippen molar-refractivity contribution in [1.82, 2.24) is 0 Å². The van der Waals surface area contributed by atoms with Crippen molar-refractivity contribution >= 4 is 22.2 Å². The fraction of sp³-hybridized carbons (Fsp3) is 0.455. The van der Waals surface area contributed by atoms with Gasteiger partial charge >= 0.3 is 0 Å². The molecule has 1 aromatic rings. The van der Waals surface area contributed by atoms with Crippen LogP contribution < -0.4 is 9.47 Å². The van der Waals surface area contributed by atoms with Gasteiger partial charge in [0.1, 0.15) is 16.4 Å². The van der Waals surface area contributed by atoms with E-state index in [1.54, 1.807) is 13.0 Å². The van der Waals surface area contributed by atoms with Gasteiger partial charge in [0.15, 0.2) is 22.2 Å². The van der Waals surface area contributed by atoms with E-state index < -0.39 is 9.84 Å². The minimum atomic E-state index is -3.64. The van der Waals surface area contributed by atoms with Crippen LogP contribution in [0.25, 0.3) is 0 Å². The number of aryl methyl sites for hydroxylation is 1. The first-order valence-electron chi connectivity index (χ1n) is 5.68. The third-order valence-electron chi connectivity index (χ3n) is 2.56. The number of hydrogen-bond acceptors (Lipinski definition) is 9. The third kappa shape index (κ3) is 5.02. The predicted molar refractivity (Wildman–Crippen MR) is 74.7 cm³/mol. The Hall–Kier alpha value is -1.04. The number of hydrogen-bond donors (Lipinski definition) is 1. The molecule has 120 valence electrons. The lowest BCUT2D eigenvalue weighted by molar-refractivity contribution is -0.434. The molecular weight excluding hydrogens is 324 g/mol. The van der Waals surface area contributed by atoms with Crippen molar-refractivity contribution in [2.24, 2.45) is 0 Å². The molecule has 0 fully saturated rings. The smallest absolute Gasteiger partial charge is 0.197 e. The van der Waals surface area contributed by atoms with Crippen LogP contribution in [-0.4, -0.2) is 40.3 Å². The zero-order valence-electron chi connectivity index (χ0n) is 11.7. The molecule has 0 spiro atoms. The molecule has 1 rings (SSSR count). The van der Waals surface area contributed by atoms with Crippen LogP contribution in [0, 0.1) is 6.92 Å². The van der Waals surface area contributed by atoms with Gasteiger partial charge in [-0.15, -0.1) is 4.33 Å². The van der Waals surface area contributed by atoms with Gasteiger partial charge < -0.3 is 9.47 Å². The van der Waals surface area contributed by atoms with Gasteiger partial charge in [-0.25, -0.2) is 13.7 Å². The highest BCUT2D eigenvalue weighted by Gasteiger charge is 2.22. The van der Waals surface area contributed by atoms with Gasteiger partial charge in [-0.3, -0.25) is 4.18 Å². The molecule has 0 heterocycles. The Balaban J connectivity index is 2.91. The first kappa shape index (κ1) is 18.0. The topological polar surface area (TPSA) is 101 Å². The summed E-state index contributed by atoms with van der Waals surface area (Å²) < 4.78 is 43.5. The molecule has 0 unspecified atom stereocenters. The standard InChI is InChI=1S/C11H16O8S2/c1-8-6-10(16-3)11(7-9(8)15-2)21(13,14)5-4-17-20-19-18-12/h6-7,12H,4-5H2,1-3H3. The molecular formula is C11H16O8S2. The molecule has 0 radical (unpaired) electrons. The van der Waals surface area contributed by atoms with Crippen LogP contribution in [0.3, 0.4) is 0 Å². The molecule has 0 saturated heterocycles. The first-order chi connectivity index (χ1) is 9.96. The van der Waals surface area contributed by atoms with Gasteiger partial charge in [0.25, 0.3) is 0 Å². The Labute approximate surface area is 127 Å². The Bertz CT molecular complexity index is 558. The van der Waals surface area contributed by atoms with Crippen LogP contribution in [0.2, 0.25) is 0 Å². The average molecular weight is 340 g/mol. The van der Waals surface area contributed by atoms with E-state index in [-0.39, 0.29) is 23.0 Å². The summed E-state index contributed by atoms with van der Waals surface area (Å²) in [5.74, 6) is 0.370. The van der Waals surface area contributed by atoms with Gasteiger partial charge in [-0.1, -0.05) is 5.04 Å². The summed E-state index contributed by atoms with van der Waals surface area (Å²) >= 11 is 0.317. The highest BCUT2D eigenvalue weighted by Crippen LogP contribution is 2.32. The van der Waals surface area contributed by atoms with Crippen molar-refractivity contribution in [3.63, 3.8) is 0 Å². The van der Waals surface area contributed by atoms with Gasteiger partial charge in [0.2, 0.25) is 0 Å². The quantitative estimate of drug-likeness (QED) is 0.312. The van der Waals surface area contributed by atoms with Crippen LogP contribution in [0.4, 0.5) is 0 Å². The summed E-state index contributed by atoms with van der Waals surface area (Å²) in [6.45, 7) is 1.61. The molecule has 0 atom stereocenters. The van der Waals surface area contributed by atoms with Crippen molar-refractivity contribution in [3.05, 3.63) is 17.7 Å². The van der Waals surface area contributed by atoms with Crippen LogP contribution >= 0.6 is 12.3 Å². The summed E-state index contributed by atoms with van der Waals surface area (Å²) in [6, 6.07) is 2.99. The molecule has 21 heavy (non-hydrogen) atoms. The third-order valence-corrected chi connectivity index (χ3v) is 4.63. The van der Waals surface area contributed by atoms with Crippen molar-refractivity contribution in [1.29, 1.82) is 0 Å². The Morgan fingerprint density at radius 2 is 1.86 bits per heavy atom. The van der Waals surface area contributed by atoms with Crippen molar-refractivity contribution in [2.75, 3.05) is 26.6 Å². The number of ether oxygens (including phenoxy) is 2. The monoisotopic (exact) mass is 340 g/mol. The molecule has 0 aliphatic rings. The maximum atomic E-state index is 12.3. The summed E-state index contributed by atoms with van der Waals surface area (Å²) in [4.78, 5) is 0.0142. The SMILES string of the molecule is COc1cc(S(=O)(=O)CCOSOOO)c(OC)cc1C. The van der Waals surface area contributed by atoms with E-state index in [1.807, 2.05) is 0 Å². The maximum Gasteiger partial charge on any atom is 0.197 e. The van der Waals surface area contributed by atoms with E-state index in [0.29, 0.717) is 18.1 Å². The summed E-state index contributed by atoms with van der Waals surface area (Å²) in [5, 5.41) is 11.2. The second-order valence-corrected chi connectivity index (χ2v) is 6.41. The van der Waals surface area contributed by atoms with E-state index in [1.165, 1.54) is 20.3 Å². The van der Waals surface area contributed by atoms with Gasteiger partial charge in [-0.2, -0.15) is 0 Å². The number of sulfone groups is 1. The molecule has 0 saturated carbocycles. The fourth-order valence-electron chi connectivity index (χ4n) is 1.59. The summed E-state index contributed by atoms with van der Waals surface area (Å²) in [6.07, 6.45) is 0. The molecule has 0 amide bonds. The second-order valence-electron chi connectivity index (χ2n) is 3.82. The van der Waals surface area contributed by atoms with Crippen LogP contribution in [0.5, 0.6) is 11.5 Å². The molecule has 0 bridgehead atoms. The maximum absolute atomic E-state index is 12.3. The zero-order chi connectivity index (χ0) is 15.9. The van der Waals surface area contributed by atoms with E-state index in [4.69, 9.17) is 18.9 Å². The Kier molecular flexibility index (Phi) is 7.22. The van der Waals surface area contributed by atoms with Gasteiger partial charge in [-0.05, 0) is 18.6 Å². The molecule has 0 aliphatic carbocycles. The molecule has 10 heteroatoms. The van der Waals surface area contributed by atoms with Crippen molar-refractivity contribution in [3.8, 4) is 11.5 Å². The fourth-order valence-corrected chi connectivity index (χ4v) is 3.16. The highest BCUT2D eigenvalue weighted by molar-refractivity contribution is 7.91. The molecule has 8 nitrogen and oxygen atoms in total. The molecule has 0 aliphatic heterocycles. The Morgan fingerprint density at radius 3 is 2.43 bits per heavy atom. The number of benzene rings is 1. The molecule has 0 aromatic heterocycles. The minimum absolute atomic E-state index is 0.0142. The van der Waals surface area contributed by atoms with E-state index in [2.05, 4.69) is 9.37 Å². The normalized spacial score (nSPS) is 11.4. The second kappa shape index (κ2) is 8.41. The largest absolute Gasteiger partial charge is 0.496 e. The Morgan fingerprint density at radius 1 is 1.19 bits per heavy atom. The van der Waals surface area contributed by atoms with Crippen LogP contribution in [0.1, 0.15) is 5.56 Å². The predicted octanol–water partition coefficient (Wildman–Crippen LogP) is 1.79. The molecule has 1 N–H and O–H groups in total. The number of methoxy groups -OCH3 is 2.